The standard InChI is InChI=1S/C14H19F2N3/c1-9-7-18-6-2-3-10(18)8-19(9)14-12(17)5-4-11(15)13(14)16/h4-5,9-10H,2-3,6-8,17H2,1H3. The van der Waals surface area contributed by atoms with Gasteiger partial charge in [0.2, 0.25) is 0 Å². The van der Waals surface area contributed by atoms with Crippen LogP contribution in [0.2, 0.25) is 0 Å². The Balaban J connectivity index is 1.95. The van der Waals surface area contributed by atoms with Crippen molar-refractivity contribution in [3.05, 3.63) is 23.8 Å². The Morgan fingerprint density at radius 1 is 1.26 bits per heavy atom. The van der Waals surface area contributed by atoms with Crippen LogP contribution < -0.4 is 10.6 Å². The van der Waals surface area contributed by atoms with Gasteiger partial charge in [0, 0.05) is 25.2 Å². The minimum absolute atomic E-state index is 0.146. The van der Waals surface area contributed by atoms with Gasteiger partial charge < -0.3 is 10.6 Å². The third-order valence-corrected chi connectivity index (χ3v) is 4.32. The highest BCUT2D eigenvalue weighted by atomic mass is 19.2. The van der Waals surface area contributed by atoms with Gasteiger partial charge in [-0.1, -0.05) is 0 Å². The van der Waals surface area contributed by atoms with Crippen LogP contribution in [0.25, 0.3) is 0 Å². The number of halogens is 2. The van der Waals surface area contributed by atoms with E-state index in [4.69, 9.17) is 5.73 Å². The van der Waals surface area contributed by atoms with Crippen molar-refractivity contribution in [1.82, 2.24) is 4.90 Å². The first-order chi connectivity index (χ1) is 9.08. The topological polar surface area (TPSA) is 32.5 Å². The quantitative estimate of drug-likeness (QED) is 0.792. The molecule has 2 aliphatic rings. The van der Waals surface area contributed by atoms with Crippen LogP contribution >= 0.6 is 0 Å². The number of nitrogens with zero attached hydrogens (tertiary/aromatic N) is 2. The molecule has 19 heavy (non-hydrogen) atoms. The Morgan fingerprint density at radius 3 is 2.84 bits per heavy atom. The summed E-state index contributed by atoms with van der Waals surface area (Å²) >= 11 is 0. The van der Waals surface area contributed by atoms with Crippen LogP contribution in [0.3, 0.4) is 0 Å². The molecule has 0 saturated carbocycles. The molecule has 104 valence electrons. The Labute approximate surface area is 112 Å². The fourth-order valence-corrected chi connectivity index (χ4v) is 3.35. The molecule has 0 radical (unpaired) electrons. The number of anilines is 2. The smallest absolute Gasteiger partial charge is 0.184 e. The van der Waals surface area contributed by atoms with Crippen molar-refractivity contribution in [3.63, 3.8) is 0 Å². The van der Waals surface area contributed by atoms with E-state index < -0.39 is 11.6 Å². The third kappa shape index (κ3) is 2.06. The van der Waals surface area contributed by atoms with Crippen molar-refractivity contribution in [1.29, 1.82) is 0 Å². The Hall–Kier alpha value is -1.36. The molecule has 5 heteroatoms. The van der Waals surface area contributed by atoms with Gasteiger partial charge in [-0.15, -0.1) is 0 Å². The molecule has 3 rings (SSSR count). The number of fused-ring (bicyclic) bond motifs is 1. The predicted octanol–water partition coefficient (Wildman–Crippen LogP) is 2.22. The van der Waals surface area contributed by atoms with Crippen molar-refractivity contribution in [2.24, 2.45) is 0 Å². The molecule has 0 aliphatic carbocycles. The number of piperazine rings is 1. The van der Waals surface area contributed by atoms with Gasteiger partial charge in [0.1, 0.15) is 0 Å². The molecular weight excluding hydrogens is 248 g/mol. The van der Waals surface area contributed by atoms with Crippen LogP contribution in [0.4, 0.5) is 20.2 Å². The summed E-state index contributed by atoms with van der Waals surface area (Å²) < 4.78 is 27.5. The lowest BCUT2D eigenvalue weighted by Gasteiger charge is -2.44. The summed E-state index contributed by atoms with van der Waals surface area (Å²) in [6, 6.07) is 3.12. The van der Waals surface area contributed by atoms with E-state index >= 15 is 0 Å². The van der Waals surface area contributed by atoms with Crippen molar-refractivity contribution in [2.45, 2.75) is 31.8 Å². The van der Waals surface area contributed by atoms with Crippen molar-refractivity contribution >= 4 is 11.4 Å². The van der Waals surface area contributed by atoms with Crippen LogP contribution in [0.5, 0.6) is 0 Å². The first kappa shape index (κ1) is 12.7. The fourth-order valence-electron chi connectivity index (χ4n) is 3.35. The summed E-state index contributed by atoms with van der Waals surface area (Å²) in [5, 5.41) is 0. The van der Waals surface area contributed by atoms with Gasteiger partial charge in [0.25, 0.3) is 0 Å². The van der Waals surface area contributed by atoms with Crippen LogP contribution in [0, 0.1) is 11.6 Å². The largest absolute Gasteiger partial charge is 0.397 e. The van der Waals surface area contributed by atoms with E-state index in [1.165, 1.54) is 12.5 Å². The fraction of sp³-hybridized carbons (Fsp3) is 0.571. The van der Waals surface area contributed by atoms with Gasteiger partial charge in [-0.3, -0.25) is 4.90 Å². The van der Waals surface area contributed by atoms with Crippen molar-refractivity contribution < 1.29 is 8.78 Å². The summed E-state index contributed by atoms with van der Waals surface area (Å²) in [7, 11) is 0. The highest BCUT2D eigenvalue weighted by Gasteiger charge is 2.36. The minimum Gasteiger partial charge on any atom is -0.397 e. The number of hydrogen-bond donors (Lipinski definition) is 1. The van der Waals surface area contributed by atoms with Gasteiger partial charge in [0.15, 0.2) is 11.6 Å². The molecule has 2 heterocycles. The minimum atomic E-state index is -0.828. The Kier molecular flexibility index (Phi) is 3.09. The maximum atomic E-state index is 14.1. The third-order valence-electron chi connectivity index (χ3n) is 4.32. The normalized spacial score (nSPS) is 27.6. The highest BCUT2D eigenvalue weighted by molar-refractivity contribution is 5.69. The highest BCUT2D eigenvalue weighted by Crippen LogP contribution is 2.34. The van der Waals surface area contributed by atoms with Gasteiger partial charge in [-0.2, -0.15) is 0 Å². The molecule has 2 fully saturated rings. The summed E-state index contributed by atoms with van der Waals surface area (Å²) in [5.41, 5.74) is 6.41. The van der Waals surface area contributed by atoms with E-state index in [0.29, 0.717) is 11.7 Å². The zero-order valence-corrected chi connectivity index (χ0v) is 11.1. The van der Waals surface area contributed by atoms with Crippen LogP contribution in [-0.2, 0) is 0 Å². The molecule has 0 spiro atoms. The molecule has 3 nitrogen and oxygen atoms in total. The molecule has 1 aromatic carbocycles. The van der Waals surface area contributed by atoms with Crippen molar-refractivity contribution in [2.75, 3.05) is 30.3 Å². The van der Waals surface area contributed by atoms with E-state index in [1.54, 1.807) is 0 Å². The van der Waals surface area contributed by atoms with E-state index in [2.05, 4.69) is 4.90 Å². The average molecular weight is 267 g/mol. The molecule has 0 aromatic heterocycles. The molecule has 2 saturated heterocycles. The average Bonchev–Trinajstić information content (AvgIpc) is 2.81. The number of hydrogen-bond acceptors (Lipinski definition) is 3. The second-order valence-corrected chi connectivity index (χ2v) is 5.59. The molecule has 2 atom stereocenters. The maximum absolute atomic E-state index is 14.1. The SMILES string of the molecule is CC1CN2CCCC2CN1c1c(N)ccc(F)c1F. The van der Waals surface area contributed by atoms with E-state index in [0.717, 1.165) is 32.1 Å². The molecule has 2 N–H and O–H groups in total. The zero-order valence-electron chi connectivity index (χ0n) is 11.1. The Morgan fingerprint density at radius 2 is 2.05 bits per heavy atom. The van der Waals surface area contributed by atoms with Crippen LogP contribution in [-0.4, -0.2) is 36.6 Å². The lowest BCUT2D eigenvalue weighted by molar-refractivity contribution is 0.202. The summed E-state index contributed by atoms with van der Waals surface area (Å²) in [5.74, 6) is -1.65. The summed E-state index contributed by atoms with van der Waals surface area (Å²) in [6.45, 7) is 4.77. The van der Waals surface area contributed by atoms with E-state index in [9.17, 15) is 8.78 Å². The zero-order chi connectivity index (χ0) is 13.6. The lowest BCUT2D eigenvalue weighted by Crippen LogP contribution is -2.55. The Bertz CT molecular complexity index is 492. The number of benzene rings is 1. The number of nitrogen functional groups attached to an aromatic ring is 1. The first-order valence-electron chi connectivity index (χ1n) is 6.82. The van der Waals surface area contributed by atoms with Gasteiger partial charge in [-0.25, -0.2) is 8.78 Å². The summed E-state index contributed by atoms with van der Waals surface area (Å²) in [4.78, 5) is 4.37. The van der Waals surface area contributed by atoms with E-state index in [1.807, 2.05) is 11.8 Å². The molecule has 1 aromatic rings. The van der Waals surface area contributed by atoms with Crippen LogP contribution in [0.1, 0.15) is 19.8 Å². The second-order valence-electron chi connectivity index (χ2n) is 5.59. The molecular formula is C14H19F2N3. The molecule has 2 unspecified atom stereocenters. The molecule has 0 bridgehead atoms. The lowest BCUT2D eigenvalue weighted by atomic mass is 10.1. The molecule has 0 amide bonds. The van der Waals surface area contributed by atoms with E-state index in [-0.39, 0.29) is 11.7 Å². The number of nitrogens with two attached hydrogens (primary N) is 1. The van der Waals surface area contributed by atoms with Crippen LogP contribution in [0.15, 0.2) is 12.1 Å². The van der Waals surface area contributed by atoms with Crippen molar-refractivity contribution in [3.8, 4) is 0 Å². The van der Waals surface area contributed by atoms with Gasteiger partial charge >= 0.3 is 0 Å². The molecule has 2 aliphatic heterocycles. The predicted molar refractivity (Wildman–Crippen MR) is 72.2 cm³/mol. The monoisotopic (exact) mass is 267 g/mol. The number of rotatable bonds is 1. The van der Waals surface area contributed by atoms with Gasteiger partial charge in [0.05, 0.1) is 11.4 Å². The first-order valence-corrected chi connectivity index (χ1v) is 6.82. The summed E-state index contributed by atoms with van der Waals surface area (Å²) in [6.07, 6.45) is 2.31. The van der Waals surface area contributed by atoms with Gasteiger partial charge in [-0.05, 0) is 38.4 Å². The maximum Gasteiger partial charge on any atom is 0.184 e. The second kappa shape index (κ2) is 4.63.